The topological polar surface area (TPSA) is 169 Å². The van der Waals surface area contributed by atoms with Crippen LogP contribution in [0.25, 0.3) is 0 Å². The maximum atomic E-state index is 11.9. The fourth-order valence-electron chi connectivity index (χ4n) is 2.47. The molecule has 12 nitrogen and oxygen atoms in total. The number of carbonyl (C=O) groups is 4. The van der Waals surface area contributed by atoms with Gasteiger partial charge in [0, 0.05) is 52.2 Å². The van der Waals surface area contributed by atoms with E-state index < -0.39 is 18.3 Å². The first-order valence-electron chi connectivity index (χ1n) is 9.74. The summed E-state index contributed by atoms with van der Waals surface area (Å²) in [6.07, 6.45) is -2.83. The fraction of sp³-hybridized carbons (Fsp3) is 0.474. The van der Waals surface area contributed by atoms with Crippen molar-refractivity contribution < 1.29 is 34.1 Å². The Balaban J connectivity index is 2.19. The van der Waals surface area contributed by atoms with E-state index in [9.17, 15) is 19.2 Å². The minimum atomic E-state index is -1.15. The van der Waals surface area contributed by atoms with E-state index in [-0.39, 0.29) is 45.1 Å². The molecule has 1 aromatic rings. The van der Waals surface area contributed by atoms with Crippen molar-refractivity contribution in [3.63, 3.8) is 0 Å². The molecule has 0 unspecified atom stereocenters. The monoisotopic (exact) mass is 439 g/mol. The molecule has 0 spiro atoms. The highest BCUT2D eigenvalue weighted by atomic mass is 16.5. The Morgan fingerprint density at radius 1 is 0.774 bits per heavy atom. The summed E-state index contributed by atoms with van der Waals surface area (Å²) in [5.41, 5.74) is 0.858. The van der Waals surface area contributed by atoms with Gasteiger partial charge in [-0.25, -0.2) is 14.4 Å². The Kier molecular flexibility index (Phi) is 12.6. The molecule has 31 heavy (non-hydrogen) atoms. The van der Waals surface area contributed by atoms with E-state index in [0.29, 0.717) is 19.6 Å². The van der Waals surface area contributed by atoms with Crippen LogP contribution in [-0.2, 0) is 16.1 Å². The molecule has 6 N–H and O–H groups in total. The van der Waals surface area contributed by atoms with Crippen LogP contribution in [0.15, 0.2) is 30.3 Å². The molecule has 0 heterocycles. The van der Waals surface area contributed by atoms with E-state index in [2.05, 4.69) is 21.3 Å². The third kappa shape index (κ3) is 14.1. The van der Waals surface area contributed by atoms with Gasteiger partial charge in [0.15, 0.2) is 0 Å². The van der Waals surface area contributed by atoms with Gasteiger partial charge in [-0.3, -0.25) is 9.69 Å². The van der Waals surface area contributed by atoms with Crippen molar-refractivity contribution in [2.45, 2.75) is 13.0 Å². The van der Waals surface area contributed by atoms with Crippen LogP contribution in [0.1, 0.15) is 12.0 Å². The van der Waals surface area contributed by atoms with E-state index >= 15 is 0 Å². The predicted molar refractivity (Wildman–Crippen MR) is 111 cm³/mol. The van der Waals surface area contributed by atoms with Gasteiger partial charge in [0.05, 0.1) is 0 Å². The average Bonchev–Trinajstić information content (AvgIpc) is 2.72. The lowest BCUT2D eigenvalue weighted by molar-refractivity contribution is -0.121. The van der Waals surface area contributed by atoms with E-state index in [0.717, 1.165) is 5.56 Å². The van der Waals surface area contributed by atoms with Crippen LogP contribution >= 0.6 is 0 Å². The summed E-state index contributed by atoms with van der Waals surface area (Å²) < 4.78 is 5.05. The van der Waals surface area contributed by atoms with Gasteiger partial charge in [0.25, 0.3) is 0 Å². The normalized spacial score (nSPS) is 10.2. The molecule has 172 valence electrons. The molecule has 0 aliphatic rings. The minimum Gasteiger partial charge on any atom is -0.465 e. The number of hydrogen-bond donors (Lipinski definition) is 6. The third-order valence-electron chi connectivity index (χ3n) is 3.99. The second kappa shape index (κ2) is 15.3. The molecule has 0 aliphatic heterocycles. The summed E-state index contributed by atoms with van der Waals surface area (Å²) in [6.45, 7) is 2.02. The third-order valence-corrected chi connectivity index (χ3v) is 3.99. The van der Waals surface area contributed by atoms with Gasteiger partial charge < -0.3 is 36.2 Å². The van der Waals surface area contributed by atoms with Gasteiger partial charge in [0.2, 0.25) is 5.91 Å². The van der Waals surface area contributed by atoms with Gasteiger partial charge in [-0.2, -0.15) is 0 Å². The van der Waals surface area contributed by atoms with Crippen LogP contribution in [0.3, 0.4) is 0 Å². The summed E-state index contributed by atoms with van der Waals surface area (Å²) >= 11 is 0. The Morgan fingerprint density at radius 3 is 1.87 bits per heavy atom. The molecule has 4 amide bonds. The standard InChI is InChI=1S/C19H29N5O7/c25-16(6-7-23-19(30)31-14-15-4-2-1-3-5-15)20-8-11-24(12-9-21-17(26)27)13-10-22-18(28)29/h1-5,21-22H,6-14H2,(H,20,25)(H,23,30)(H,26,27)(H,28,29). The fourth-order valence-corrected chi connectivity index (χ4v) is 2.47. The second-order valence-electron chi connectivity index (χ2n) is 6.39. The summed E-state index contributed by atoms with van der Waals surface area (Å²) in [5, 5.41) is 26.9. The van der Waals surface area contributed by atoms with Crippen LogP contribution in [0, 0.1) is 0 Å². The van der Waals surface area contributed by atoms with E-state index in [1.165, 1.54) is 0 Å². The Bertz CT molecular complexity index is 682. The van der Waals surface area contributed by atoms with Crippen LogP contribution in [0.2, 0.25) is 0 Å². The maximum absolute atomic E-state index is 11.9. The molecular weight excluding hydrogens is 410 g/mol. The van der Waals surface area contributed by atoms with Crippen molar-refractivity contribution >= 4 is 24.2 Å². The lowest BCUT2D eigenvalue weighted by Crippen LogP contribution is -2.43. The molecule has 0 radical (unpaired) electrons. The van der Waals surface area contributed by atoms with E-state index in [1.54, 1.807) is 0 Å². The van der Waals surface area contributed by atoms with Gasteiger partial charge in [-0.15, -0.1) is 0 Å². The summed E-state index contributed by atoms with van der Waals surface area (Å²) in [4.78, 5) is 46.4. The van der Waals surface area contributed by atoms with Gasteiger partial charge in [-0.05, 0) is 5.56 Å². The number of carbonyl (C=O) groups excluding carboxylic acids is 2. The largest absolute Gasteiger partial charge is 0.465 e. The number of nitrogens with zero attached hydrogens (tertiary/aromatic N) is 1. The Labute approximate surface area is 179 Å². The van der Waals surface area contributed by atoms with Crippen molar-refractivity contribution in [1.82, 2.24) is 26.2 Å². The zero-order chi connectivity index (χ0) is 22.9. The first-order chi connectivity index (χ1) is 14.9. The number of alkyl carbamates (subject to hydrolysis) is 1. The second-order valence-corrected chi connectivity index (χ2v) is 6.39. The van der Waals surface area contributed by atoms with Crippen LogP contribution in [0.4, 0.5) is 14.4 Å². The van der Waals surface area contributed by atoms with Gasteiger partial charge >= 0.3 is 18.3 Å². The van der Waals surface area contributed by atoms with Crippen LogP contribution in [-0.4, -0.2) is 85.1 Å². The number of rotatable bonds is 14. The molecule has 0 saturated carbocycles. The zero-order valence-electron chi connectivity index (χ0n) is 17.1. The maximum Gasteiger partial charge on any atom is 0.407 e. The van der Waals surface area contributed by atoms with Gasteiger partial charge in [0.1, 0.15) is 6.61 Å². The molecule has 0 aromatic heterocycles. The van der Waals surface area contributed by atoms with Crippen molar-refractivity contribution in [3.05, 3.63) is 35.9 Å². The van der Waals surface area contributed by atoms with Crippen LogP contribution in [0.5, 0.6) is 0 Å². The van der Waals surface area contributed by atoms with Crippen molar-refractivity contribution in [3.8, 4) is 0 Å². The lowest BCUT2D eigenvalue weighted by atomic mass is 10.2. The highest BCUT2D eigenvalue weighted by molar-refractivity contribution is 5.77. The summed E-state index contributed by atoms with van der Waals surface area (Å²) in [7, 11) is 0. The number of benzene rings is 1. The predicted octanol–water partition coefficient (Wildman–Crippen LogP) is 0.256. The number of amides is 4. The highest BCUT2D eigenvalue weighted by Crippen LogP contribution is 2.00. The number of hydrogen-bond acceptors (Lipinski definition) is 6. The number of nitrogens with one attached hydrogen (secondary N) is 4. The molecule has 12 heteroatoms. The first kappa shape index (κ1) is 25.5. The number of ether oxygens (including phenoxy) is 1. The molecule has 0 aliphatic carbocycles. The number of carboxylic acid groups (broad SMARTS) is 2. The molecule has 0 fully saturated rings. The van der Waals surface area contributed by atoms with E-state index in [4.69, 9.17) is 14.9 Å². The molecule has 0 bridgehead atoms. The van der Waals surface area contributed by atoms with Gasteiger partial charge in [-0.1, -0.05) is 30.3 Å². The average molecular weight is 439 g/mol. The smallest absolute Gasteiger partial charge is 0.407 e. The quantitative estimate of drug-likeness (QED) is 0.240. The summed E-state index contributed by atoms with van der Waals surface area (Å²) in [6, 6.07) is 9.21. The highest BCUT2D eigenvalue weighted by Gasteiger charge is 2.09. The van der Waals surface area contributed by atoms with E-state index in [1.807, 2.05) is 35.2 Å². The SMILES string of the molecule is O=C(O)NCCN(CCNC(=O)O)CCNC(=O)CCNC(=O)OCc1ccccc1. The van der Waals surface area contributed by atoms with Crippen molar-refractivity contribution in [2.75, 3.05) is 45.8 Å². The zero-order valence-corrected chi connectivity index (χ0v) is 17.1. The minimum absolute atomic E-state index is 0.0710. The lowest BCUT2D eigenvalue weighted by Gasteiger charge is -2.22. The molecule has 0 saturated heterocycles. The molecule has 0 atom stereocenters. The van der Waals surface area contributed by atoms with Crippen molar-refractivity contribution in [1.29, 1.82) is 0 Å². The Hall–Kier alpha value is -3.54. The van der Waals surface area contributed by atoms with Crippen LogP contribution < -0.4 is 21.3 Å². The van der Waals surface area contributed by atoms with Crippen molar-refractivity contribution in [2.24, 2.45) is 0 Å². The molecular formula is C19H29N5O7. The Morgan fingerprint density at radius 2 is 1.32 bits per heavy atom. The first-order valence-corrected chi connectivity index (χ1v) is 9.74. The molecule has 1 rings (SSSR count). The summed E-state index contributed by atoms with van der Waals surface area (Å²) in [5.74, 6) is -0.268. The molecule has 1 aromatic carbocycles.